The molecule has 0 unspecified atom stereocenters. The molecule has 4 heterocycles. The molecule has 0 fully saturated rings. The van der Waals surface area contributed by atoms with Gasteiger partial charge in [0.05, 0.1) is 22.2 Å². The molecule has 100 heavy (non-hydrogen) atoms. The van der Waals surface area contributed by atoms with E-state index in [1.54, 1.807) is 0 Å². The highest BCUT2D eigenvalue weighted by Crippen LogP contribution is 2.66. The lowest BCUT2D eigenvalue weighted by atomic mass is 9.70. The molecule has 14 aromatic carbocycles. The number of aromatic nitrogens is 2. The first-order valence-corrected chi connectivity index (χ1v) is 34.5. The third-order valence-electron chi connectivity index (χ3n) is 22.5. The number of hydrogen-bond acceptors (Lipinski definition) is 4. The molecule has 462 valence electrons. The Balaban J connectivity index is 0.582. The monoisotopic (exact) mass is 1270 g/mol. The second kappa shape index (κ2) is 20.8. The Morgan fingerprint density at radius 3 is 0.830 bits per heavy atom. The third-order valence-corrected chi connectivity index (χ3v) is 22.5. The normalized spacial score (nSPS) is 13.6. The van der Waals surface area contributed by atoms with E-state index in [0.717, 1.165) is 111 Å². The van der Waals surface area contributed by atoms with Crippen molar-refractivity contribution < 1.29 is 8.83 Å². The van der Waals surface area contributed by atoms with Gasteiger partial charge in [0.25, 0.3) is 0 Å². The number of fused-ring (bicyclic) bond motifs is 26. The van der Waals surface area contributed by atoms with Gasteiger partial charge in [-0.15, -0.1) is 0 Å². The van der Waals surface area contributed by atoms with Crippen LogP contribution in [0.4, 0.5) is 0 Å². The van der Waals surface area contributed by atoms with Gasteiger partial charge in [0.15, 0.2) is 0 Å². The maximum Gasteiger partial charge on any atom is 0.143 e. The van der Waals surface area contributed by atoms with Crippen molar-refractivity contribution >= 4 is 43.9 Å². The summed E-state index contributed by atoms with van der Waals surface area (Å²) in [6, 6.07) is 121. The Labute approximate surface area is 577 Å². The van der Waals surface area contributed by atoms with Crippen molar-refractivity contribution in [3.8, 4) is 123 Å². The number of nitrogens with zero attached hydrogens (tertiary/aromatic N) is 2. The summed E-state index contributed by atoms with van der Waals surface area (Å²) >= 11 is 0. The molecule has 0 saturated carbocycles. The fraction of sp³-hybridized carbons (Fsp3) is 0.0208. The molecule has 0 atom stereocenters. The molecule has 4 aliphatic carbocycles. The summed E-state index contributed by atoms with van der Waals surface area (Å²) in [4.78, 5) is 9.83. The zero-order chi connectivity index (χ0) is 65.4. The van der Waals surface area contributed by atoms with E-state index in [4.69, 9.17) is 18.8 Å². The van der Waals surface area contributed by atoms with Crippen LogP contribution < -0.4 is 0 Å². The highest BCUT2D eigenvalue weighted by atomic mass is 16.3. The van der Waals surface area contributed by atoms with E-state index < -0.39 is 10.8 Å². The van der Waals surface area contributed by atoms with Gasteiger partial charge in [0.1, 0.15) is 22.3 Å². The van der Waals surface area contributed by atoms with Gasteiger partial charge in [-0.25, -0.2) is 0 Å². The van der Waals surface area contributed by atoms with Crippen molar-refractivity contribution in [2.75, 3.05) is 0 Å². The third kappa shape index (κ3) is 7.59. The maximum atomic E-state index is 6.65. The van der Waals surface area contributed by atoms with Crippen LogP contribution >= 0.6 is 0 Å². The van der Waals surface area contributed by atoms with Crippen LogP contribution in [0, 0.1) is 0 Å². The molecule has 4 aromatic heterocycles. The van der Waals surface area contributed by atoms with Crippen LogP contribution in [0.15, 0.2) is 349 Å². The first-order chi connectivity index (χ1) is 49.5. The predicted octanol–water partition coefficient (Wildman–Crippen LogP) is 24.6. The van der Waals surface area contributed by atoms with E-state index in [1.807, 2.05) is 24.5 Å². The second-order valence-corrected chi connectivity index (χ2v) is 27.3. The first-order valence-electron chi connectivity index (χ1n) is 34.5. The molecule has 4 aliphatic rings. The van der Waals surface area contributed by atoms with E-state index in [2.05, 4.69) is 315 Å². The number of para-hydroxylation sites is 4. The van der Waals surface area contributed by atoms with Crippen LogP contribution in [0.3, 0.4) is 0 Å². The molecule has 22 rings (SSSR count). The standard InChI is InChI=1S/C96H56N2O2/c1-7-25-81-69(15-1)70-16-2-8-26-82(70)95(81)85-43-39-61(51-77(85)79-53-65(41-45-87(79)95)67-21-13-23-75-73-19-5-11-29-91(73)99-93(67)75)57-31-35-59(36-32-57)63-47-49-97-89(55-63)90-56-64(48-50-98-90)60-37-33-58(34-38-60)62-40-44-86-78(52-62)80-54-66(68-22-14-24-76-74-20-6-12-30-92(74)100-94(68)76)42-46-88(80)96(86)83-27-9-3-17-71(83)72-18-4-10-28-84(72)96/h1-56H. The highest BCUT2D eigenvalue weighted by molar-refractivity contribution is 6.12. The highest BCUT2D eigenvalue weighted by Gasteiger charge is 2.53. The van der Waals surface area contributed by atoms with Crippen molar-refractivity contribution in [2.45, 2.75) is 10.8 Å². The molecule has 0 bridgehead atoms. The second-order valence-electron chi connectivity index (χ2n) is 27.3. The quantitative estimate of drug-likeness (QED) is 0.160. The van der Waals surface area contributed by atoms with E-state index in [0.29, 0.717) is 0 Å². The SMILES string of the molecule is c1ccc2c(c1)-c1ccccc1C21c2ccc(-c3ccc(-c4ccnc(-c5cc(-c6ccc(-c7ccc8c(c7)-c7cc(-c9cccc%10c9oc9ccccc9%10)ccc7C87c8ccccc8-c8ccccc87)cc6)ccn5)c4)cc3)cc2-c2cc(-c3cccc4c3oc3ccccc34)ccc21. The molecule has 0 radical (unpaired) electrons. The minimum absolute atomic E-state index is 0.467. The van der Waals surface area contributed by atoms with Crippen LogP contribution in [0.2, 0.25) is 0 Å². The predicted molar refractivity (Wildman–Crippen MR) is 407 cm³/mol. The van der Waals surface area contributed by atoms with E-state index >= 15 is 0 Å². The molecule has 0 aliphatic heterocycles. The summed E-state index contributed by atoms with van der Waals surface area (Å²) in [6.45, 7) is 0. The minimum atomic E-state index is -0.467. The summed E-state index contributed by atoms with van der Waals surface area (Å²) in [5, 5.41) is 4.52. The summed E-state index contributed by atoms with van der Waals surface area (Å²) in [6.07, 6.45) is 3.81. The van der Waals surface area contributed by atoms with Crippen molar-refractivity contribution in [3.63, 3.8) is 0 Å². The summed E-state index contributed by atoms with van der Waals surface area (Å²) in [5.41, 5.74) is 38.5. The zero-order valence-corrected chi connectivity index (χ0v) is 54.0. The van der Waals surface area contributed by atoms with Crippen molar-refractivity contribution in [3.05, 3.63) is 384 Å². The van der Waals surface area contributed by atoms with Gasteiger partial charge >= 0.3 is 0 Å². The lowest BCUT2D eigenvalue weighted by Gasteiger charge is -2.30. The number of rotatable bonds is 7. The number of furan rings is 2. The van der Waals surface area contributed by atoms with Crippen molar-refractivity contribution in [2.24, 2.45) is 0 Å². The van der Waals surface area contributed by atoms with Gasteiger partial charge < -0.3 is 8.83 Å². The van der Waals surface area contributed by atoms with Crippen LogP contribution in [-0.4, -0.2) is 9.97 Å². The lowest BCUT2D eigenvalue weighted by Crippen LogP contribution is -2.25. The van der Waals surface area contributed by atoms with E-state index in [9.17, 15) is 0 Å². The summed E-state index contributed by atoms with van der Waals surface area (Å²) < 4.78 is 13.3. The average molecular weight is 1270 g/mol. The summed E-state index contributed by atoms with van der Waals surface area (Å²) in [5.74, 6) is 0. The zero-order valence-electron chi connectivity index (χ0n) is 54.0. The van der Waals surface area contributed by atoms with Crippen LogP contribution in [0.5, 0.6) is 0 Å². The molecular weight excluding hydrogens is 1210 g/mol. The fourth-order valence-corrected chi connectivity index (χ4v) is 18.2. The molecule has 0 saturated heterocycles. The Kier molecular flexibility index (Phi) is 11.4. The molecule has 4 heteroatoms. The Bertz CT molecular complexity index is 6050. The molecule has 0 amide bonds. The Morgan fingerprint density at radius 1 is 0.190 bits per heavy atom. The Morgan fingerprint density at radius 2 is 0.460 bits per heavy atom. The molecule has 4 nitrogen and oxygen atoms in total. The van der Waals surface area contributed by atoms with Gasteiger partial charge in [-0.05, 0) is 205 Å². The smallest absolute Gasteiger partial charge is 0.143 e. The molecule has 2 spiro atoms. The van der Waals surface area contributed by atoms with Crippen molar-refractivity contribution in [1.82, 2.24) is 9.97 Å². The van der Waals surface area contributed by atoms with Crippen molar-refractivity contribution in [1.29, 1.82) is 0 Å². The lowest BCUT2D eigenvalue weighted by molar-refractivity contribution is 0.669. The Hall–Kier alpha value is -13.0. The number of pyridine rings is 2. The van der Waals surface area contributed by atoms with Gasteiger partial charge in [-0.3, -0.25) is 9.97 Å². The van der Waals surface area contributed by atoms with Gasteiger partial charge in [-0.2, -0.15) is 0 Å². The first kappa shape index (κ1) is 55.1. The maximum absolute atomic E-state index is 6.65. The number of hydrogen-bond donors (Lipinski definition) is 0. The van der Waals surface area contributed by atoms with Gasteiger partial charge in [0.2, 0.25) is 0 Å². The molecule has 0 N–H and O–H groups in total. The largest absolute Gasteiger partial charge is 0.455 e. The van der Waals surface area contributed by atoms with Gasteiger partial charge in [0, 0.05) is 45.1 Å². The minimum Gasteiger partial charge on any atom is -0.455 e. The average Bonchev–Trinajstić information content (AvgIpc) is 1.51. The number of benzene rings is 14. The van der Waals surface area contributed by atoms with Crippen LogP contribution in [0.1, 0.15) is 44.5 Å². The molecule has 18 aromatic rings. The topological polar surface area (TPSA) is 52.1 Å². The molecular formula is C96H56N2O2. The van der Waals surface area contributed by atoms with Crippen LogP contribution in [0.25, 0.3) is 167 Å². The fourth-order valence-electron chi connectivity index (χ4n) is 18.2. The van der Waals surface area contributed by atoms with Gasteiger partial charge in [-0.1, -0.05) is 267 Å². The van der Waals surface area contributed by atoms with Crippen LogP contribution in [-0.2, 0) is 10.8 Å². The van der Waals surface area contributed by atoms with E-state index in [-0.39, 0.29) is 0 Å². The summed E-state index contributed by atoms with van der Waals surface area (Å²) in [7, 11) is 0. The van der Waals surface area contributed by atoms with E-state index in [1.165, 1.54) is 100 Å².